The first kappa shape index (κ1) is 12.7. The quantitative estimate of drug-likeness (QED) is 0.780. The van der Waals surface area contributed by atoms with Gasteiger partial charge in [-0.25, -0.2) is 0 Å². The van der Waals surface area contributed by atoms with Crippen molar-refractivity contribution < 1.29 is 0 Å². The summed E-state index contributed by atoms with van der Waals surface area (Å²) in [5.74, 6) is 0.741. The third-order valence-electron chi connectivity index (χ3n) is 3.14. The molecule has 2 rings (SSSR count). The van der Waals surface area contributed by atoms with Gasteiger partial charge in [0.05, 0.1) is 0 Å². The zero-order valence-corrected chi connectivity index (χ0v) is 11.4. The maximum Gasteiger partial charge on any atom is 0.0481 e. The maximum atomic E-state index is 6.22. The first-order valence-corrected chi connectivity index (χ1v) is 6.71. The molecule has 1 aromatic carbocycles. The fourth-order valence-corrected chi connectivity index (χ4v) is 2.62. The van der Waals surface area contributed by atoms with E-state index in [2.05, 4.69) is 37.0 Å². The summed E-state index contributed by atoms with van der Waals surface area (Å²) in [5, 5.41) is 0.871. The predicted molar refractivity (Wildman–Crippen MR) is 75.3 cm³/mol. The van der Waals surface area contributed by atoms with E-state index in [0.29, 0.717) is 0 Å². The van der Waals surface area contributed by atoms with Gasteiger partial charge in [0, 0.05) is 24.7 Å². The lowest BCUT2D eigenvalue weighted by molar-refractivity contribution is 0.268. The van der Waals surface area contributed by atoms with E-state index >= 15 is 0 Å². The molecule has 1 aliphatic rings. The van der Waals surface area contributed by atoms with Gasteiger partial charge in [0.2, 0.25) is 0 Å². The van der Waals surface area contributed by atoms with E-state index < -0.39 is 0 Å². The van der Waals surface area contributed by atoms with Crippen molar-refractivity contribution >= 4 is 17.2 Å². The molecule has 1 aromatic rings. The van der Waals surface area contributed by atoms with Gasteiger partial charge in [-0.1, -0.05) is 49.7 Å². The minimum atomic E-state index is 0.741. The molecule has 2 heteroatoms. The number of rotatable bonds is 3. The van der Waals surface area contributed by atoms with Gasteiger partial charge >= 0.3 is 0 Å². The zero-order valence-electron chi connectivity index (χ0n) is 10.6. The van der Waals surface area contributed by atoms with Crippen molar-refractivity contribution in [3.63, 3.8) is 0 Å². The second-order valence-electron chi connectivity index (χ2n) is 5.11. The number of hydrogen-bond donors (Lipinski definition) is 0. The molecule has 0 aromatic heterocycles. The molecule has 0 atom stereocenters. The van der Waals surface area contributed by atoms with Crippen LogP contribution in [-0.4, -0.2) is 24.5 Å². The van der Waals surface area contributed by atoms with Crippen molar-refractivity contribution in [3.8, 4) is 0 Å². The number of halogens is 1. The lowest BCUT2D eigenvalue weighted by Gasteiger charge is -2.28. The minimum absolute atomic E-state index is 0.741. The van der Waals surface area contributed by atoms with Gasteiger partial charge in [0.25, 0.3) is 0 Å². The Balaban J connectivity index is 2.06. The summed E-state index contributed by atoms with van der Waals surface area (Å²) in [6, 6.07) is 8.13. The highest BCUT2D eigenvalue weighted by atomic mass is 35.5. The molecule has 0 fully saturated rings. The van der Waals surface area contributed by atoms with Crippen LogP contribution in [0.25, 0.3) is 5.57 Å². The first-order chi connectivity index (χ1) is 8.16. The Morgan fingerprint density at radius 1 is 1.29 bits per heavy atom. The van der Waals surface area contributed by atoms with Crippen LogP contribution in [0.4, 0.5) is 0 Å². The molecule has 1 aliphatic heterocycles. The second kappa shape index (κ2) is 5.70. The molecule has 0 aliphatic carbocycles. The van der Waals surface area contributed by atoms with E-state index in [0.717, 1.165) is 30.5 Å². The third kappa shape index (κ3) is 3.34. The van der Waals surface area contributed by atoms with E-state index in [1.165, 1.54) is 17.7 Å². The number of hydrogen-bond acceptors (Lipinski definition) is 1. The average molecular weight is 250 g/mol. The first-order valence-electron chi connectivity index (χ1n) is 6.33. The second-order valence-corrected chi connectivity index (χ2v) is 5.52. The summed E-state index contributed by atoms with van der Waals surface area (Å²) in [4.78, 5) is 2.50. The van der Waals surface area contributed by atoms with E-state index in [9.17, 15) is 0 Å². The van der Waals surface area contributed by atoms with Gasteiger partial charge in [-0.05, 0) is 29.5 Å². The van der Waals surface area contributed by atoms with Crippen molar-refractivity contribution in [1.82, 2.24) is 4.90 Å². The minimum Gasteiger partial charge on any atom is -0.299 e. The Morgan fingerprint density at radius 2 is 2.06 bits per heavy atom. The molecule has 0 saturated carbocycles. The van der Waals surface area contributed by atoms with Crippen LogP contribution in [0.1, 0.15) is 25.8 Å². The van der Waals surface area contributed by atoms with Gasteiger partial charge in [-0.3, -0.25) is 4.90 Å². The molecular formula is C15H20ClN. The highest BCUT2D eigenvalue weighted by Crippen LogP contribution is 2.28. The predicted octanol–water partition coefficient (Wildman–Crippen LogP) is 4.09. The van der Waals surface area contributed by atoms with Crippen molar-refractivity contribution in [2.45, 2.75) is 20.3 Å². The van der Waals surface area contributed by atoms with E-state index in [4.69, 9.17) is 11.6 Å². The van der Waals surface area contributed by atoms with Crippen LogP contribution < -0.4 is 0 Å². The van der Waals surface area contributed by atoms with Crippen LogP contribution in [0.15, 0.2) is 30.3 Å². The summed E-state index contributed by atoms with van der Waals surface area (Å²) in [6.07, 6.45) is 3.43. The summed E-state index contributed by atoms with van der Waals surface area (Å²) in [6.45, 7) is 7.93. The fraction of sp³-hybridized carbons (Fsp3) is 0.467. The molecule has 0 spiro atoms. The van der Waals surface area contributed by atoms with Gasteiger partial charge < -0.3 is 0 Å². The topological polar surface area (TPSA) is 3.24 Å². The Morgan fingerprint density at radius 3 is 2.65 bits per heavy atom. The van der Waals surface area contributed by atoms with Crippen molar-refractivity contribution in [2.24, 2.45) is 5.92 Å². The zero-order chi connectivity index (χ0) is 12.3. The number of nitrogens with zero attached hydrogens (tertiary/aromatic N) is 1. The highest BCUT2D eigenvalue weighted by molar-refractivity contribution is 6.32. The Labute approximate surface area is 109 Å². The van der Waals surface area contributed by atoms with Crippen LogP contribution in [-0.2, 0) is 0 Å². The largest absolute Gasteiger partial charge is 0.299 e. The van der Waals surface area contributed by atoms with Crippen LogP contribution >= 0.6 is 11.6 Å². The van der Waals surface area contributed by atoms with Crippen LogP contribution in [0.5, 0.6) is 0 Å². The Kier molecular flexibility index (Phi) is 4.25. The molecule has 1 heterocycles. The van der Waals surface area contributed by atoms with E-state index in [1.807, 2.05) is 12.1 Å². The van der Waals surface area contributed by atoms with Crippen LogP contribution in [0, 0.1) is 5.92 Å². The van der Waals surface area contributed by atoms with Gasteiger partial charge in [0.1, 0.15) is 0 Å². The van der Waals surface area contributed by atoms with Crippen LogP contribution in [0.2, 0.25) is 5.02 Å². The lowest BCUT2D eigenvalue weighted by atomic mass is 9.99. The Hall–Kier alpha value is -0.790. The molecule has 1 nitrogen and oxygen atoms in total. The average Bonchev–Trinajstić information content (AvgIpc) is 2.30. The van der Waals surface area contributed by atoms with Crippen molar-refractivity contribution in [2.75, 3.05) is 19.6 Å². The Bertz CT molecular complexity index is 409. The molecule has 17 heavy (non-hydrogen) atoms. The molecule has 0 bridgehead atoms. The molecular weight excluding hydrogens is 230 g/mol. The fourth-order valence-electron chi connectivity index (χ4n) is 2.36. The third-order valence-corrected chi connectivity index (χ3v) is 3.47. The van der Waals surface area contributed by atoms with Gasteiger partial charge in [0.15, 0.2) is 0 Å². The molecule has 0 saturated heterocycles. The molecule has 0 amide bonds. The molecule has 92 valence electrons. The summed E-state index contributed by atoms with van der Waals surface area (Å²) >= 11 is 6.22. The lowest BCUT2D eigenvalue weighted by Crippen LogP contribution is -2.31. The van der Waals surface area contributed by atoms with Gasteiger partial charge in [-0.2, -0.15) is 0 Å². The molecule has 0 N–H and O–H groups in total. The summed E-state index contributed by atoms with van der Waals surface area (Å²) in [5.41, 5.74) is 2.61. The summed E-state index contributed by atoms with van der Waals surface area (Å²) < 4.78 is 0. The maximum absolute atomic E-state index is 6.22. The normalized spacial score (nSPS) is 17.3. The van der Waals surface area contributed by atoms with Crippen molar-refractivity contribution in [1.29, 1.82) is 0 Å². The van der Waals surface area contributed by atoms with Gasteiger partial charge in [-0.15, -0.1) is 0 Å². The summed E-state index contributed by atoms with van der Waals surface area (Å²) in [7, 11) is 0. The monoisotopic (exact) mass is 249 g/mol. The smallest absolute Gasteiger partial charge is 0.0481 e. The van der Waals surface area contributed by atoms with E-state index in [-0.39, 0.29) is 0 Å². The SMILES string of the molecule is CC(C)CN1CC=C(c2ccccc2Cl)CC1. The standard InChI is InChI=1S/C15H20ClN/c1-12(2)11-17-9-7-13(8-10-17)14-5-3-4-6-15(14)16/h3-7,12H,8-11H2,1-2H3. The van der Waals surface area contributed by atoms with Crippen LogP contribution in [0.3, 0.4) is 0 Å². The molecule has 0 radical (unpaired) electrons. The van der Waals surface area contributed by atoms with Crippen molar-refractivity contribution in [3.05, 3.63) is 40.9 Å². The highest BCUT2D eigenvalue weighted by Gasteiger charge is 2.14. The number of benzene rings is 1. The molecule has 0 unspecified atom stereocenters. The van der Waals surface area contributed by atoms with E-state index in [1.54, 1.807) is 0 Å².